The standard InChI is InChI=1S/C18H29NO3/c1-2-10-18(21,15-6-4-3-5-7-15)17(20)22-16-13-19-11-8-14(16)9-12-19/h2,10,14-16,21H,3-9,11-13H2,1H3. The van der Waals surface area contributed by atoms with Gasteiger partial charge in [0.15, 0.2) is 5.60 Å². The lowest BCUT2D eigenvalue weighted by atomic mass is 9.76. The second-order valence-corrected chi connectivity index (χ2v) is 7.24. The van der Waals surface area contributed by atoms with Gasteiger partial charge < -0.3 is 9.84 Å². The zero-order valence-electron chi connectivity index (χ0n) is 13.7. The first-order valence-corrected chi connectivity index (χ1v) is 8.93. The van der Waals surface area contributed by atoms with Crippen LogP contribution in [0, 0.1) is 11.8 Å². The molecule has 3 heterocycles. The van der Waals surface area contributed by atoms with Crippen molar-refractivity contribution in [1.82, 2.24) is 4.90 Å². The average Bonchev–Trinajstić information content (AvgIpc) is 2.57. The lowest BCUT2D eigenvalue weighted by Crippen LogP contribution is -2.55. The number of allylic oxidation sites excluding steroid dienone is 1. The van der Waals surface area contributed by atoms with E-state index in [9.17, 15) is 9.90 Å². The van der Waals surface area contributed by atoms with Gasteiger partial charge in [-0.2, -0.15) is 0 Å². The largest absolute Gasteiger partial charge is 0.458 e. The van der Waals surface area contributed by atoms with Crippen LogP contribution in [-0.4, -0.2) is 47.3 Å². The van der Waals surface area contributed by atoms with Crippen LogP contribution in [-0.2, 0) is 9.53 Å². The van der Waals surface area contributed by atoms with Gasteiger partial charge in [-0.3, -0.25) is 4.90 Å². The number of aliphatic hydroxyl groups is 1. The highest BCUT2D eigenvalue weighted by Gasteiger charge is 2.46. The summed E-state index contributed by atoms with van der Waals surface area (Å²) in [6.45, 7) is 4.95. The van der Waals surface area contributed by atoms with Gasteiger partial charge in [-0.25, -0.2) is 4.79 Å². The summed E-state index contributed by atoms with van der Waals surface area (Å²) in [6.07, 6.45) is 10.9. The minimum absolute atomic E-state index is 0.00559. The first-order chi connectivity index (χ1) is 10.6. The number of hydrogen-bond acceptors (Lipinski definition) is 4. The molecular weight excluding hydrogens is 278 g/mol. The van der Waals surface area contributed by atoms with E-state index in [0.29, 0.717) is 5.92 Å². The number of hydrogen-bond donors (Lipinski definition) is 1. The summed E-state index contributed by atoms with van der Waals surface area (Å²) in [4.78, 5) is 15.1. The molecule has 0 aromatic heterocycles. The van der Waals surface area contributed by atoms with E-state index >= 15 is 0 Å². The van der Waals surface area contributed by atoms with Crippen LogP contribution in [0.4, 0.5) is 0 Å². The quantitative estimate of drug-likeness (QED) is 0.640. The van der Waals surface area contributed by atoms with Crippen LogP contribution in [0.5, 0.6) is 0 Å². The van der Waals surface area contributed by atoms with Crippen LogP contribution in [0.2, 0.25) is 0 Å². The number of esters is 1. The summed E-state index contributed by atoms with van der Waals surface area (Å²) >= 11 is 0. The second kappa shape index (κ2) is 6.71. The molecule has 4 fully saturated rings. The maximum absolute atomic E-state index is 12.8. The van der Waals surface area contributed by atoms with E-state index in [1.807, 2.05) is 6.92 Å². The van der Waals surface area contributed by atoms with Gasteiger partial charge in [0.1, 0.15) is 6.10 Å². The Morgan fingerprint density at radius 3 is 2.41 bits per heavy atom. The molecule has 3 aliphatic heterocycles. The smallest absolute Gasteiger partial charge is 0.342 e. The minimum Gasteiger partial charge on any atom is -0.458 e. The molecular formula is C18H29NO3. The number of fused-ring (bicyclic) bond motifs is 3. The summed E-state index contributed by atoms with van der Waals surface area (Å²) in [5.41, 5.74) is -1.43. The number of rotatable bonds is 4. The minimum atomic E-state index is -1.43. The van der Waals surface area contributed by atoms with Gasteiger partial charge in [0.05, 0.1) is 0 Å². The van der Waals surface area contributed by atoms with Gasteiger partial charge >= 0.3 is 5.97 Å². The van der Waals surface area contributed by atoms with Crippen molar-refractivity contribution in [3.63, 3.8) is 0 Å². The highest BCUT2D eigenvalue weighted by molar-refractivity contribution is 5.82. The maximum Gasteiger partial charge on any atom is 0.342 e. The van der Waals surface area contributed by atoms with Crippen molar-refractivity contribution in [2.75, 3.05) is 19.6 Å². The van der Waals surface area contributed by atoms with Crippen LogP contribution in [0.3, 0.4) is 0 Å². The Balaban J connectivity index is 1.69. The van der Waals surface area contributed by atoms with Gasteiger partial charge in [-0.05, 0) is 57.7 Å². The Labute approximate surface area is 133 Å². The van der Waals surface area contributed by atoms with E-state index in [-0.39, 0.29) is 12.0 Å². The molecule has 4 heteroatoms. The second-order valence-electron chi connectivity index (χ2n) is 7.24. The van der Waals surface area contributed by atoms with Gasteiger partial charge in [0.2, 0.25) is 0 Å². The van der Waals surface area contributed by atoms with Gasteiger partial charge in [-0.15, -0.1) is 0 Å². The first kappa shape index (κ1) is 16.0. The third-order valence-electron chi connectivity index (χ3n) is 5.83. The van der Waals surface area contributed by atoms with Crippen molar-refractivity contribution >= 4 is 5.97 Å². The van der Waals surface area contributed by atoms with E-state index in [0.717, 1.165) is 58.2 Å². The molecule has 2 atom stereocenters. The topological polar surface area (TPSA) is 49.8 Å². The molecule has 4 aliphatic rings. The fourth-order valence-electron chi connectivity index (χ4n) is 4.44. The fraction of sp³-hybridized carbons (Fsp3) is 0.833. The summed E-state index contributed by atoms with van der Waals surface area (Å²) in [5.74, 6) is 0.0671. The molecule has 0 aromatic carbocycles. The molecule has 124 valence electrons. The number of piperidine rings is 3. The highest BCUT2D eigenvalue weighted by Crippen LogP contribution is 2.36. The summed E-state index contributed by atoms with van der Waals surface area (Å²) in [7, 11) is 0. The third kappa shape index (κ3) is 3.09. The van der Waals surface area contributed by atoms with Crippen molar-refractivity contribution in [3.05, 3.63) is 12.2 Å². The number of ether oxygens (including phenoxy) is 1. The van der Waals surface area contributed by atoms with Gasteiger partial charge in [0.25, 0.3) is 0 Å². The SMILES string of the molecule is CC=CC(O)(C(=O)OC1CN2CCC1CC2)C1CCCCC1. The van der Waals surface area contributed by atoms with Crippen LogP contribution in [0.1, 0.15) is 51.9 Å². The summed E-state index contributed by atoms with van der Waals surface area (Å²) < 4.78 is 5.81. The van der Waals surface area contributed by atoms with Crippen LogP contribution < -0.4 is 0 Å². The van der Waals surface area contributed by atoms with Crippen molar-refractivity contribution in [2.24, 2.45) is 11.8 Å². The number of carbonyl (C=O) groups is 1. The molecule has 4 nitrogen and oxygen atoms in total. The molecule has 3 saturated heterocycles. The van der Waals surface area contributed by atoms with Crippen molar-refractivity contribution in [3.8, 4) is 0 Å². The molecule has 0 spiro atoms. The molecule has 0 radical (unpaired) electrons. The van der Waals surface area contributed by atoms with Crippen molar-refractivity contribution < 1.29 is 14.6 Å². The normalized spacial score (nSPS) is 35.5. The Morgan fingerprint density at radius 1 is 1.18 bits per heavy atom. The highest BCUT2D eigenvalue weighted by atomic mass is 16.6. The number of carbonyl (C=O) groups excluding carboxylic acids is 1. The molecule has 2 bridgehead atoms. The molecule has 4 rings (SSSR count). The molecule has 1 N–H and O–H groups in total. The molecule has 22 heavy (non-hydrogen) atoms. The van der Waals surface area contributed by atoms with Gasteiger partial charge in [-0.1, -0.05) is 25.3 Å². The summed E-state index contributed by atoms with van der Waals surface area (Å²) in [5, 5.41) is 11.0. The van der Waals surface area contributed by atoms with E-state index in [1.165, 1.54) is 6.42 Å². The predicted octanol–water partition coefficient (Wildman–Crippen LogP) is 2.51. The Bertz CT molecular complexity index is 422. The molecule has 1 saturated carbocycles. The Hall–Kier alpha value is -0.870. The van der Waals surface area contributed by atoms with E-state index in [2.05, 4.69) is 4.90 Å². The zero-order chi connectivity index (χ0) is 15.6. The molecule has 1 aliphatic carbocycles. The van der Waals surface area contributed by atoms with E-state index in [1.54, 1.807) is 12.2 Å². The van der Waals surface area contributed by atoms with Gasteiger partial charge in [0, 0.05) is 12.5 Å². The number of nitrogens with zero attached hydrogens (tertiary/aromatic N) is 1. The van der Waals surface area contributed by atoms with Crippen LogP contribution >= 0.6 is 0 Å². The average molecular weight is 307 g/mol. The Morgan fingerprint density at radius 2 is 1.86 bits per heavy atom. The lowest BCUT2D eigenvalue weighted by Gasteiger charge is -2.45. The Kier molecular flexibility index (Phi) is 4.88. The molecule has 0 aromatic rings. The van der Waals surface area contributed by atoms with Crippen molar-refractivity contribution in [2.45, 2.75) is 63.6 Å². The zero-order valence-corrected chi connectivity index (χ0v) is 13.7. The van der Waals surface area contributed by atoms with Crippen LogP contribution in [0.15, 0.2) is 12.2 Å². The van der Waals surface area contributed by atoms with Crippen molar-refractivity contribution in [1.29, 1.82) is 0 Å². The molecule has 2 unspecified atom stereocenters. The fourth-order valence-corrected chi connectivity index (χ4v) is 4.44. The van der Waals surface area contributed by atoms with E-state index < -0.39 is 11.6 Å². The first-order valence-electron chi connectivity index (χ1n) is 8.93. The van der Waals surface area contributed by atoms with Crippen LogP contribution in [0.25, 0.3) is 0 Å². The lowest BCUT2D eigenvalue weighted by molar-refractivity contribution is -0.181. The molecule has 0 amide bonds. The summed E-state index contributed by atoms with van der Waals surface area (Å²) in [6, 6.07) is 0. The maximum atomic E-state index is 12.8. The monoisotopic (exact) mass is 307 g/mol. The predicted molar refractivity (Wildman–Crippen MR) is 85.4 cm³/mol. The third-order valence-corrected chi connectivity index (χ3v) is 5.83. The van der Waals surface area contributed by atoms with E-state index in [4.69, 9.17) is 4.74 Å².